The molecule has 0 unspecified atom stereocenters. The molecule has 0 spiro atoms. The summed E-state index contributed by atoms with van der Waals surface area (Å²) < 4.78 is 5.32. The zero-order valence-electron chi connectivity index (χ0n) is 15.5. The summed E-state index contributed by atoms with van der Waals surface area (Å²) in [7, 11) is 0. The first-order valence-electron chi connectivity index (χ1n) is 9.32. The monoisotopic (exact) mass is 346 g/mol. The van der Waals surface area contributed by atoms with E-state index in [1.165, 1.54) is 0 Å². The van der Waals surface area contributed by atoms with Crippen LogP contribution < -0.4 is 5.32 Å². The number of rotatable bonds is 7. The molecule has 1 aromatic rings. The van der Waals surface area contributed by atoms with Gasteiger partial charge in [-0.25, -0.2) is 0 Å². The molecule has 1 heterocycles. The van der Waals surface area contributed by atoms with Crippen molar-refractivity contribution in [1.29, 1.82) is 0 Å². The largest absolute Gasteiger partial charge is 0.369 e. The Morgan fingerprint density at radius 2 is 1.84 bits per heavy atom. The van der Waals surface area contributed by atoms with Crippen molar-refractivity contribution in [1.82, 2.24) is 10.2 Å². The number of benzene rings is 1. The van der Waals surface area contributed by atoms with Gasteiger partial charge in [-0.2, -0.15) is 0 Å². The highest BCUT2D eigenvalue weighted by Gasteiger charge is 2.29. The van der Waals surface area contributed by atoms with Gasteiger partial charge in [0.05, 0.1) is 5.92 Å². The van der Waals surface area contributed by atoms with Crippen LogP contribution in [0.1, 0.15) is 51.5 Å². The molecule has 1 aliphatic heterocycles. The van der Waals surface area contributed by atoms with E-state index in [0.29, 0.717) is 19.7 Å². The second-order valence-electron chi connectivity index (χ2n) is 6.58. The van der Waals surface area contributed by atoms with Crippen LogP contribution in [0.3, 0.4) is 0 Å². The van der Waals surface area contributed by atoms with Gasteiger partial charge in [0.25, 0.3) is 0 Å². The summed E-state index contributed by atoms with van der Waals surface area (Å²) in [5, 5.41) is 3.04. The number of piperidine rings is 1. The van der Waals surface area contributed by atoms with Crippen molar-refractivity contribution >= 4 is 11.8 Å². The molecule has 5 heteroatoms. The predicted molar refractivity (Wildman–Crippen MR) is 98.3 cm³/mol. The van der Waals surface area contributed by atoms with Crippen LogP contribution in [0.15, 0.2) is 30.3 Å². The minimum absolute atomic E-state index is 0.0673. The molecule has 0 saturated carbocycles. The minimum Gasteiger partial charge on any atom is -0.369 e. The third-order valence-corrected chi connectivity index (χ3v) is 4.85. The Morgan fingerprint density at radius 1 is 1.20 bits per heavy atom. The Labute approximate surface area is 150 Å². The van der Waals surface area contributed by atoms with Crippen LogP contribution in [0.25, 0.3) is 0 Å². The van der Waals surface area contributed by atoms with Crippen molar-refractivity contribution in [2.45, 2.75) is 58.1 Å². The van der Waals surface area contributed by atoms with Crippen LogP contribution in [0.5, 0.6) is 0 Å². The van der Waals surface area contributed by atoms with Crippen molar-refractivity contribution < 1.29 is 14.3 Å². The molecule has 1 N–H and O–H groups in total. The van der Waals surface area contributed by atoms with Gasteiger partial charge >= 0.3 is 0 Å². The summed E-state index contributed by atoms with van der Waals surface area (Å²) in [4.78, 5) is 26.9. The smallest absolute Gasteiger partial charge is 0.249 e. The van der Waals surface area contributed by atoms with E-state index in [0.717, 1.165) is 24.8 Å². The summed E-state index contributed by atoms with van der Waals surface area (Å²) in [6, 6.07) is 10.1. The van der Waals surface area contributed by atoms with Crippen molar-refractivity contribution in [2.24, 2.45) is 0 Å². The molecule has 25 heavy (non-hydrogen) atoms. The van der Waals surface area contributed by atoms with Gasteiger partial charge in [0.2, 0.25) is 11.8 Å². The molecule has 0 radical (unpaired) electrons. The van der Waals surface area contributed by atoms with Crippen molar-refractivity contribution in [2.75, 3.05) is 19.7 Å². The summed E-state index contributed by atoms with van der Waals surface area (Å²) >= 11 is 0. The molecule has 2 rings (SSSR count). The van der Waals surface area contributed by atoms with Gasteiger partial charge < -0.3 is 15.0 Å². The average molecular weight is 346 g/mol. The molecule has 1 fully saturated rings. The third kappa shape index (κ3) is 5.30. The molecule has 1 aliphatic rings. The Morgan fingerprint density at radius 3 is 2.40 bits per heavy atom. The van der Waals surface area contributed by atoms with Crippen LogP contribution in [0.2, 0.25) is 0 Å². The molecule has 5 nitrogen and oxygen atoms in total. The molecule has 138 valence electrons. The molecular formula is C20H30N2O3. The molecule has 1 aromatic carbocycles. The summed E-state index contributed by atoms with van der Waals surface area (Å²) in [6.45, 7) is 7.61. The fourth-order valence-electron chi connectivity index (χ4n) is 3.35. The van der Waals surface area contributed by atoms with Crippen LogP contribution in [0, 0.1) is 0 Å². The van der Waals surface area contributed by atoms with Crippen LogP contribution in [-0.4, -0.2) is 48.6 Å². The minimum atomic E-state index is -0.424. The van der Waals surface area contributed by atoms with Gasteiger partial charge in [0, 0.05) is 25.7 Å². The number of carbonyl (C=O) groups excluding carboxylic acids is 2. The maximum absolute atomic E-state index is 12.9. The second-order valence-corrected chi connectivity index (χ2v) is 6.58. The number of carbonyl (C=O) groups is 2. The Kier molecular flexibility index (Phi) is 7.44. The molecule has 0 bridgehead atoms. The zero-order valence-corrected chi connectivity index (χ0v) is 15.5. The molecule has 2 amide bonds. The van der Waals surface area contributed by atoms with E-state index in [9.17, 15) is 9.59 Å². The van der Waals surface area contributed by atoms with Gasteiger partial charge in [-0.3, -0.25) is 9.59 Å². The molecule has 0 aliphatic carbocycles. The lowest BCUT2D eigenvalue weighted by Gasteiger charge is -2.35. The van der Waals surface area contributed by atoms with E-state index in [4.69, 9.17) is 4.74 Å². The predicted octanol–water partition coefficient (Wildman–Crippen LogP) is 2.71. The van der Waals surface area contributed by atoms with Crippen molar-refractivity contribution in [3.63, 3.8) is 0 Å². The quantitative estimate of drug-likeness (QED) is 0.826. The fraction of sp³-hybridized carbons (Fsp3) is 0.600. The lowest BCUT2D eigenvalue weighted by atomic mass is 9.93. The molecular weight excluding hydrogens is 316 g/mol. The first kappa shape index (κ1) is 19.4. The highest BCUT2D eigenvalue weighted by molar-refractivity contribution is 5.84. The first-order chi connectivity index (χ1) is 12.1. The number of ether oxygens (including phenoxy) is 1. The van der Waals surface area contributed by atoms with E-state index in [1.54, 1.807) is 6.92 Å². The van der Waals surface area contributed by atoms with Crippen LogP contribution in [-0.2, 0) is 14.3 Å². The molecule has 2 atom stereocenters. The first-order valence-corrected chi connectivity index (χ1v) is 9.32. The standard InChI is InChI=1S/C20H30N2O3/c1-4-18(16-9-7-6-8-10-16)20(24)22-13-11-17(12-14-22)21-19(23)15(3)25-5-2/h6-10,15,17-18H,4-5,11-14H2,1-3H3,(H,21,23)/t15-,18-/m0/s1. The number of nitrogens with one attached hydrogen (secondary N) is 1. The van der Waals surface area contributed by atoms with Crippen molar-refractivity contribution in [3.8, 4) is 0 Å². The average Bonchev–Trinajstić information content (AvgIpc) is 2.64. The highest BCUT2D eigenvalue weighted by atomic mass is 16.5. The van der Waals surface area contributed by atoms with E-state index >= 15 is 0 Å². The number of nitrogens with zero attached hydrogens (tertiary/aromatic N) is 1. The Bertz CT molecular complexity index is 553. The van der Waals surface area contributed by atoms with E-state index < -0.39 is 6.10 Å². The lowest BCUT2D eigenvalue weighted by Crippen LogP contribution is -2.49. The van der Waals surface area contributed by atoms with E-state index in [1.807, 2.05) is 42.2 Å². The Hall–Kier alpha value is -1.88. The van der Waals surface area contributed by atoms with Gasteiger partial charge in [0.1, 0.15) is 6.10 Å². The maximum atomic E-state index is 12.9. The number of hydrogen-bond donors (Lipinski definition) is 1. The topological polar surface area (TPSA) is 58.6 Å². The zero-order chi connectivity index (χ0) is 18.2. The van der Waals surface area contributed by atoms with Gasteiger partial charge in [-0.1, -0.05) is 37.3 Å². The Balaban J connectivity index is 1.86. The molecule has 1 saturated heterocycles. The SMILES string of the molecule is CCO[C@@H](C)C(=O)NC1CCN(C(=O)[C@@H](CC)c2ccccc2)CC1. The molecule has 0 aromatic heterocycles. The second kappa shape index (κ2) is 9.56. The third-order valence-electron chi connectivity index (χ3n) is 4.85. The highest BCUT2D eigenvalue weighted by Crippen LogP contribution is 2.24. The normalized spacial score (nSPS) is 17.8. The van der Waals surface area contributed by atoms with E-state index in [2.05, 4.69) is 12.2 Å². The summed E-state index contributed by atoms with van der Waals surface area (Å²) in [5.41, 5.74) is 1.08. The summed E-state index contributed by atoms with van der Waals surface area (Å²) in [6.07, 6.45) is 1.96. The van der Waals surface area contributed by atoms with E-state index in [-0.39, 0.29) is 23.8 Å². The number of hydrogen-bond acceptors (Lipinski definition) is 3. The lowest BCUT2D eigenvalue weighted by molar-refractivity contribution is -0.135. The fourth-order valence-corrected chi connectivity index (χ4v) is 3.35. The number of likely N-dealkylation sites (tertiary alicyclic amines) is 1. The van der Waals surface area contributed by atoms with Gasteiger partial charge in [-0.05, 0) is 38.7 Å². The van der Waals surface area contributed by atoms with Crippen LogP contribution >= 0.6 is 0 Å². The van der Waals surface area contributed by atoms with Gasteiger partial charge in [-0.15, -0.1) is 0 Å². The maximum Gasteiger partial charge on any atom is 0.249 e. The number of amides is 2. The van der Waals surface area contributed by atoms with Gasteiger partial charge in [0.15, 0.2) is 0 Å². The summed E-state index contributed by atoms with van der Waals surface area (Å²) in [5.74, 6) is 0.0498. The van der Waals surface area contributed by atoms with Crippen molar-refractivity contribution in [3.05, 3.63) is 35.9 Å². The van der Waals surface area contributed by atoms with Crippen LogP contribution in [0.4, 0.5) is 0 Å².